The molecule has 0 unspecified atom stereocenters. The van der Waals surface area contributed by atoms with Crippen molar-refractivity contribution in [3.63, 3.8) is 0 Å². The molecule has 2 aromatic rings. The number of halogens is 1. The average molecular weight is 320 g/mol. The molecule has 0 fully saturated rings. The summed E-state index contributed by atoms with van der Waals surface area (Å²) in [5, 5.41) is 4.53. The molecule has 1 heterocycles. The van der Waals surface area contributed by atoms with Crippen LogP contribution in [0.25, 0.3) is 0 Å². The molecule has 23 heavy (non-hydrogen) atoms. The molecule has 2 N–H and O–H groups in total. The van der Waals surface area contributed by atoms with Gasteiger partial charge in [0.15, 0.2) is 12.4 Å². The van der Waals surface area contributed by atoms with Crippen molar-refractivity contribution in [1.29, 1.82) is 0 Å². The number of furan rings is 1. The van der Waals surface area contributed by atoms with E-state index in [9.17, 15) is 18.8 Å². The summed E-state index contributed by atoms with van der Waals surface area (Å²) >= 11 is 0. The Bertz CT molecular complexity index is 700. The van der Waals surface area contributed by atoms with Gasteiger partial charge in [0, 0.05) is 0 Å². The number of esters is 1. The van der Waals surface area contributed by atoms with Gasteiger partial charge in [-0.25, -0.2) is 4.39 Å². The number of rotatable bonds is 6. The van der Waals surface area contributed by atoms with Crippen molar-refractivity contribution in [2.75, 3.05) is 18.5 Å². The maximum Gasteiger partial charge on any atom is 0.325 e. The number of nitrogens with one attached hydrogen (secondary N) is 2. The summed E-state index contributed by atoms with van der Waals surface area (Å²) in [5.74, 6) is -2.63. The van der Waals surface area contributed by atoms with Gasteiger partial charge >= 0.3 is 5.97 Å². The number of para-hydroxylation sites is 1. The van der Waals surface area contributed by atoms with E-state index in [1.54, 1.807) is 6.07 Å². The molecule has 8 heteroatoms. The number of carbonyl (C=O) groups excluding carboxylic acids is 3. The molecule has 1 aromatic heterocycles. The van der Waals surface area contributed by atoms with Crippen molar-refractivity contribution in [3.05, 3.63) is 54.2 Å². The van der Waals surface area contributed by atoms with Crippen LogP contribution < -0.4 is 10.6 Å². The van der Waals surface area contributed by atoms with Crippen LogP contribution in [0.1, 0.15) is 10.6 Å². The summed E-state index contributed by atoms with van der Waals surface area (Å²) in [4.78, 5) is 34.4. The Morgan fingerprint density at radius 1 is 1.13 bits per heavy atom. The second-order valence-electron chi connectivity index (χ2n) is 4.35. The van der Waals surface area contributed by atoms with Crippen LogP contribution >= 0.6 is 0 Å². The van der Waals surface area contributed by atoms with E-state index in [-0.39, 0.29) is 11.4 Å². The highest BCUT2D eigenvalue weighted by Crippen LogP contribution is 2.11. The van der Waals surface area contributed by atoms with Gasteiger partial charge in [0.1, 0.15) is 12.4 Å². The Kier molecular flexibility index (Phi) is 5.45. The molecule has 0 radical (unpaired) electrons. The van der Waals surface area contributed by atoms with Gasteiger partial charge in [0.05, 0.1) is 12.0 Å². The first kappa shape index (κ1) is 16.2. The largest absolute Gasteiger partial charge is 0.459 e. The monoisotopic (exact) mass is 320 g/mol. The SMILES string of the molecule is O=C(COC(=O)CNC(=O)c1ccco1)Nc1ccccc1F. The number of carbonyl (C=O) groups is 3. The van der Waals surface area contributed by atoms with Gasteiger partial charge in [-0.2, -0.15) is 0 Å². The molecule has 1 aromatic carbocycles. The van der Waals surface area contributed by atoms with Crippen LogP contribution in [0.5, 0.6) is 0 Å². The third-order valence-electron chi connectivity index (χ3n) is 2.65. The molecule has 120 valence electrons. The molecule has 2 amide bonds. The molecule has 0 spiro atoms. The summed E-state index contributed by atoms with van der Waals surface area (Å²) in [6.45, 7) is -1.02. The Morgan fingerprint density at radius 2 is 1.91 bits per heavy atom. The third kappa shape index (κ3) is 4.95. The first-order valence-electron chi connectivity index (χ1n) is 6.58. The van der Waals surface area contributed by atoms with Crippen molar-refractivity contribution in [3.8, 4) is 0 Å². The van der Waals surface area contributed by atoms with Crippen LogP contribution in [0.3, 0.4) is 0 Å². The van der Waals surface area contributed by atoms with Gasteiger partial charge in [0.2, 0.25) is 0 Å². The number of anilines is 1. The second kappa shape index (κ2) is 7.74. The lowest BCUT2D eigenvalue weighted by atomic mass is 10.3. The number of benzene rings is 1. The summed E-state index contributed by atoms with van der Waals surface area (Å²) < 4.78 is 22.8. The van der Waals surface area contributed by atoms with Gasteiger partial charge in [-0.05, 0) is 24.3 Å². The first-order chi connectivity index (χ1) is 11.1. The van der Waals surface area contributed by atoms with E-state index in [0.717, 1.165) is 0 Å². The van der Waals surface area contributed by atoms with Gasteiger partial charge in [0.25, 0.3) is 11.8 Å². The van der Waals surface area contributed by atoms with E-state index in [1.165, 1.54) is 36.6 Å². The molecule has 0 aliphatic carbocycles. The normalized spacial score (nSPS) is 9.96. The topological polar surface area (TPSA) is 97.6 Å². The highest BCUT2D eigenvalue weighted by Gasteiger charge is 2.13. The highest BCUT2D eigenvalue weighted by atomic mass is 19.1. The van der Waals surface area contributed by atoms with E-state index >= 15 is 0 Å². The molecule has 0 saturated carbocycles. The van der Waals surface area contributed by atoms with Crippen molar-refractivity contribution >= 4 is 23.5 Å². The summed E-state index contributed by atoms with van der Waals surface area (Å²) in [5.41, 5.74) is -0.0142. The highest BCUT2D eigenvalue weighted by molar-refractivity contribution is 5.95. The smallest absolute Gasteiger partial charge is 0.325 e. The molecule has 0 bridgehead atoms. The second-order valence-corrected chi connectivity index (χ2v) is 4.35. The fourth-order valence-corrected chi connectivity index (χ4v) is 1.59. The van der Waals surface area contributed by atoms with Crippen LogP contribution in [0.15, 0.2) is 47.1 Å². The van der Waals surface area contributed by atoms with E-state index in [2.05, 4.69) is 15.4 Å². The predicted molar refractivity (Wildman–Crippen MR) is 77.0 cm³/mol. The van der Waals surface area contributed by atoms with Crippen molar-refractivity contribution in [2.45, 2.75) is 0 Å². The molecular weight excluding hydrogens is 307 g/mol. The van der Waals surface area contributed by atoms with Crippen LogP contribution in [-0.2, 0) is 14.3 Å². The zero-order chi connectivity index (χ0) is 16.7. The number of amides is 2. The third-order valence-corrected chi connectivity index (χ3v) is 2.65. The quantitative estimate of drug-likeness (QED) is 0.783. The Labute approximate surface area is 130 Å². The molecule has 0 saturated heterocycles. The van der Waals surface area contributed by atoms with Crippen molar-refractivity contribution in [2.24, 2.45) is 0 Å². The van der Waals surface area contributed by atoms with E-state index in [1.807, 2.05) is 0 Å². The Hall–Kier alpha value is -3.16. The molecule has 7 nitrogen and oxygen atoms in total. The molecular formula is C15H13FN2O5. The van der Waals surface area contributed by atoms with Crippen LogP contribution in [0, 0.1) is 5.82 Å². The predicted octanol–water partition coefficient (Wildman–Crippen LogP) is 1.33. The Morgan fingerprint density at radius 3 is 2.61 bits per heavy atom. The van der Waals surface area contributed by atoms with Gasteiger partial charge in [-0.1, -0.05) is 12.1 Å². The van der Waals surface area contributed by atoms with Crippen molar-refractivity contribution < 1.29 is 27.9 Å². The number of hydrogen-bond donors (Lipinski definition) is 2. The standard InChI is InChI=1S/C15H13FN2O5/c16-10-4-1-2-5-11(10)18-13(19)9-23-14(20)8-17-15(21)12-6-3-7-22-12/h1-7H,8-9H2,(H,17,21)(H,18,19). The average Bonchev–Trinajstić information content (AvgIpc) is 3.07. The van der Waals surface area contributed by atoms with E-state index in [4.69, 9.17) is 4.42 Å². The Balaban J connectivity index is 1.71. The first-order valence-corrected chi connectivity index (χ1v) is 6.58. The minimum absolute atomic E-state index is 0.0142. The molecule has 0 aliphatic rings. The zero-order valence-corrected chi connectivity index (χ0v) is 11.9. The molecule has 2 rings (SSSR count). The lowest BCUT2D eigenvalue weighted by molar-refractivity contribution is -0.146. The fourth-order valence-electron chi connectivity index (χ4n) is 1.59. The fraction of sp³-hybridized carbons (Fsp3) is 0.133. The molecule has 0 atom stereocenters. The van der Waals surface area contributed by atoms with E-state index in [0.29, 0.717) is 0 Å². The lowest BCUT2D eigenvalue weighted by Crippen LogP contribution is -2.32. The summed E-state index contributed by atoms with van der Waals surface area (Å²) in [6.07, 6.45) is 1.32. The summed E-state index contributed by atoms with van der Waals surface area (Å²) in [6, 6.07) is 8.55. The molecule has 0 aliphatic heterocycles. The van der Waals surface area contributed by atoms with Crippen LogP contribution in [0.4, 0.5) is 10.1 Å². The van der Waals surface area contributed by atoms with Gasteiger partial charge in [-0.15, -0.1) is 0 Å². The summed E-state index contributed by atoms with van der Waals surface area (Å²) in [7, 11) is 0. The maximum atomic E-state index is 13.3. The van der Waals surface area contributed by atoms with Gasteiger partial charge in [-0.3, -0.25) is 14.4 Å². The minimum Gasteiger partial charge on any atom is -0.459 e. The maximum absolute atomic E-state index is 13.3. The van der Waals surface area contributed by atoms with Gasteiger partial charge < -0.3 is 19.8 Å². The number of hydrogen-bond acceptors (Lipinski definition) is 5. The lowest BCUT2D eigenvalue weighted by Gasteiger charge is -2.07. The van der Waals surface area contributed by atoms with Crippen molar-refractivity contribution in [1.82, 2.24) is 5.32 Å². The minimum atomic E-state index is -0.811. The van der Waals surface area contributed by atoms with Crippen LogP contribution in [0.2, 0.25) is 0 Å². The van der Waals surface area contributed by atoms with E-state index < -0.39 is 36.8 Å². The van der Waals surface area contributed by atoms with Crippen LogP contribution in [-0.4, -0.2) is 30.9 Å². The zero-order valence-electron chi connectivity index (χ0n) is 11.9. The number of ether oxygens (including phenoxy) is 1.